The molecule has 2 saturated heterocycles. The summed E-state index contributed by atoms with van der Waals surface area (Å²) in [6.07, 6.45) is 1.31. The van der Waals surface area contributed by atoms with Gasteiger partial charge in [-0.3, -0.25) is 29.2 Å². The van der Waals surface area contributed by atoms with Gasteiger partial charge in [-0.1, -0.05) is 127 Å². The van der Waals surface area contributed by atoms with Gasteiger partial charge in [0.05, 0.1) is 31.2 Å². The highest BCUT2D eigenvalue weighted by Crippen LogP contribution is 2.65. The molecule has 3 N–H and O–H groups in total. The molecule has 1 aromatic heterocycles. The van der Waals surface area contributed by atoms with E-state index >= 15 is 14.4 Å². The van der Waals surface area contributed by atoms with Crippen LogP contribution in [0.25, 0.3) is 0 Å². The number of aliphatic hydroxyl groups excluding tert-OH is 1. The fourth-order valence-corrected chi connectivity index (χ4v) is 9.83. The molecule has 2 fully saturated rings. The van der Waals surface area contributed by atoms with Gasteiger partial charge >= 0.3 is 5.97 Å². The van der Waals surface area contributed by atoms with Crippen LogP contribution in [0.2, 0.25) is 0 Å². The summed E-state index contributed by atoms with van der Waals surface area (Å²) in [7, 11) is 2.01. The van der Waals surface area contributed by atoms with E-state index in [1.807, 2.05) is 145 Å². The molecule has 9 rings (SSSR count). The molecule has 11 heteroatoms. The largest absolute Gasteiger partial charge is 0.491 e. The van der Waals surface area contributed by atoms with Crippen LogP contribution in [0.5, 0.6) is 5.75 Å². The number of aromatic nitrogens is 1. The van der Waals surface area contributed by atoms with Crippen molar-refractivity contribution in [2.45, 2.75) is 42.6 Å². The third kappa shape index (κ3) is 8.03. The summed E-state index contributed by atoms with van der Waals surface area (Å²) in [6.45, 7) is 1.14. The normalized spacial score (nSPS) is 22.2. The maximum Gasteiger partial charge on any atom is 0.324 e. The molecule has 6 atom stereocenters. The van der Waals surface area contributed by atoms with E-state index in [1.54, 1.807) is 12.3 Å². The van der Waals surface area contributed by atoms with Crippen molar-refractivity contribution in [1.29, 1.82) is 0 Å². The maximum absolute atomic E-state index is 15.6. The second kappa shape index (κ2) is 18.7. The van der Waals surface area contributed by atoms with Gasteiger partial charge in [0.15, 0.2) is 0 Å². The highest BCUT2D eigenvalue weighted by atomic mass is 16.6. The Morgan fingerprint density at radius 3 is 2.31 bits per heavy atom. The van der Waals surface area contributed by atoms with Crippen molar-refractivity contribution in [3.05, 3.63) is 197 Å². The van der Waals surface area contributed by atoms with Gasteiger partial charge in [-0.25, -0.2) is 0 Å². The summed E-state index contributed by atoms with van der Waals surface area (Å²) in [5.74, 6) is 4.23. The standard InChI is InChI=1S/C53H49N5O6/c1-57(35-37-16-5-2-6-17-37)31-15-18-36-26-27-43-42(34-36)53(52(62)56-43)45(50(60)55-30-28-40-23-13-14-29-54-40)47-51(61)64-48(39-21-9-4-10-22-39)46(38-19-7-3-8-20-38)58(47)49(53)41-24-11-12-25-44(41)63-33-32-59/h2-14,16-17,19-27,29,34,45-49,59H,28,30-33,35H2,1H3,(H,55,60)(H,56,62). The molecular weight excluding hydrogens is 803 g/mol. The predicted molar refractivity (Wildman–Crippen MR) is 243 cm³/mol. The lowest BCUT2D eigenvalue weighted by molar-refractivity contribution is -0.178. The predicted octanol–water partition coefficient (Wildman–Crippen LogP) is 6.57. The Balaban J connectivity index is 1.24. The van der Waals surface area contributed by atoms with Crippen LogP contribution >= 0.6 is 0 Å². The van der Waals surface area contributed by atoms with Gasteiger partial charge in [0, 0.05) is 48.2 Å². The first-order chi connectivity index (χ1) is 31.4. The summed E-state index contributed by atoms with van der Waals surface area (Å²) >= 11 is 0. The molecule has 3 aliphatic heterocycles. The van der Waals surface area contributed by atoms with Crippen LogP contribution in [-0.4, -0.2) is 77.1 Å². The highest BCUT2D eigenvalue weighted by molar-refractivity contribution is 6.12. The van der Waals surface area contributed by atoms with Crippen molar-refractivity contribution in [2.24, 2.45) is 5.92 Å². The molecule has 0 radical (unpaired) electrons. The number of fused-ring (bicyclic) bond motifs is 3. The van der Waals surface area contributed by atoms with E-state index in [0.717, 1.165) is 23.4 Å². The Labute approximate surface area is 373 Å². The van der Waals surface area contributed by atoms with E-state index in [2.05, 4.69) is 44.5 Å². The Hall–Kier alpha value is -7.10. The maximum atomic E-state index is 15.6. The van der Waals surface area contributed by atoms with Crippen molar-refractivity contribution in [2.75, 3.05) is 38.7 Å². The average molecular weight is 852 g/mol. The van der Waals surface area contributed by atoms with Crippen LogP contribution in [0.3, 0.4) is 0 Å². The molecule has 5 aromatic carbocycles. The molecule has 11 nitrogen and oxygen atoms in total. The highest BCUT2D eigenvalue weighted by Gasteiger charge is 2.74. The third-order valence-corrected chi connectivity index (χ3v) is 12.4. The SMILES string of the molecule is CN(CC#Cc1ccc2c(c1)C1(C(=O)N2)C(C(=O)NCCc2ccccn2)C2C(=O)OC(c3ccccc3)C(c3ccccc3)N2C1c1ccccc1OCCO)Cc1ccccc1. The lowest BCUT2D eigenvalue weighted by Gasteiger charge is -2.46. The summed E-state index contributed by atoms with van der Waals surface area (Å²) in [5, 5.41) is 16.3. The van der Waals surface area contributed by atoms with Crippen LogP contribution in [-0.2, 0) is 37.5 Å². The summed E-state index contributed by atoms with van der Waals surface area (Å²) < 4.78 is 12.8. The Morgan fingerprint density at radius 2 is 1.58 bits per heavy atom. The molecule has 4 heterocycles. The van der Waals surface area contributed by atoms with E-state index in [0.29, 0.717) is 41.1 Å². The minimum absolute atomic E-state index is 0.0182. The minimum atomic E-state index is -1.73. The number of para-hydroxylation sites is 1. The lowest BCUT2D eigenvalue weighted by Crippen LogP contribution is -2.55. The van der Waals surface area contributed by atoms with Gasteiger partial charge in [0.25, 0.3) is 0 Å². The van der Waals surface area contributed by atoms with E-state index in [4.69, 9.17) is 9.47 Å². The number of esters is 1. The molecule has 322 valence electrons. The van der Waals surface area contributed by atoms with Crippen molar-refractivity contribution in [1.82, 2.24) is 20.1 Å². The average Bonchev–Trinajstić information content (AvgIpc) is 3.80. The number of cyclic esters (lactones) is 1. The van der Waals surface area contributed by atoms with Gasteiger partial charge in [-0.05, 0) is 65.7 Å². The van der Waals surface area contributed by atoms with Crippen LogP contribution in [0.15, 0.2) is 158 Å². The number of pyridine rings is 1. The number of benzene rings is 5. The van der Waals surface area contributed by atoms with E-state index in [-0.39, 0.29) is 19.8 Å². The molecule has 2 amide bonds. The lowest BCUT2D eigenvalue weighted by atomic mass is 9.65. The molecule has 0 saturated carbocycles. The molecule has 64 heavy (non-hydrogen) atoms. The van der Waals surface area contributed by atoms with Gasteiger partial charge in [0.2, 0.25) is 11.8 Å². The van der Waals surface area contributed by atoms with Crippen LogP contribution in [0, 0.1) is 17.8 Å². The number of amides is 2. The number of nitrogens with one attached hydrogen (secondary N) is 2. The first-order valence-electron chi connectivity index (χ1n) is 21.6. The molecule has 6 unspecified atom stereocenters. The Bertz CT molecular complexity index is 2670. The van der Waals surface area contributed by atoms with Crippen molar-refractivity contribution >= 4 is 23.5 Å². The summed E-state index contributed by atoms with van der Waals surface area (Å²) in [4.78, 5) is 54.8. The monoisotopic (exact) mass is 851 g/mol. The molecule has 1 spiro atoms. The quantitative estimate of drug-likeness (QED) is 0.0873. The number of ether oxygens (including phenoxy) is 2. The summed E-state index contributed by atoms with van der Waals surface area (Å²) in [6, 6.07) is 45.2. The zero-order chi connectivity index (χ0) is 44.0. The van der Waals surface area contributed by atoms with E-state index < -0.39 is 53.3 Å². The smallest absolute Gasteiger partial charge is 0.324 e. The number of nitrogens with zero attached hydrogens (tertiary/aromatic N) is 3. The van der Waals surface area contributed by atoms with Gasteiger partial charge in [0.1, 0.15) is 29.9 Å². The number of aliphatic hydroxyl groups is 1. The number of morpholine rings is 1. The topological polar surface area (TPSA) is 133 Å². The summed E-state index contributed by atoms with van der Waals surface area (Å²) in [5.41, 5.74) is 4.11. The van der Waals surface area contributed by atoms with E-state index in [1.165, 1.54) is 5.56 Å². The van der Waals surface area contributed by atoms with Gasteiger partial charge in [-0.15, -0.1) is 0 Å². The molecule has 3 aliphatic rings. The molecule has 6 aromatic rings. The zero-order valence-corrected chi connectivity index (χ0v) is 35.5. The third-order valence-electron chi connectivity index (χ3n) is 12.4. The zero-order valence-electron chi connectivity index (χ0n) is 35.5. The Kier molecular flexibility index (Phi) is 12.3. The number of carbonyl (C=O) groups is 3. The first kappa shape index (κ1) is 42.2. The van der Waals surface area contributed by atoms with Crippen molar-refractivity contribution < 1.29 is 29.0 Å². The van der Waals surface area contributed by atoms with Crippen molar-refractivity contribution in [3.63, 3.8) is 0 Å². The molecule has 0 aliphatic carbocycles. The Morgan fingerprint density at radius 1 is 0.875 bits per heavy atom. The molecule has 0 bridgehead atoms. The first-order valence-corrected chi connectivity index (χ1v) is 21.6. The van der Waals surface area contributed by atoms with Gasteiger partial charge < -0.3 is 25.2 Å². The second-order valence-electron chi connectivity index (χ2n) is 16.4. The van der Waals surface area contributed by atoms with Crippen LogP contribution in [0.4, 0.5) is 5.69 Å². The van der Waals surface area contributed by atoms with Crippen molar-refractivity contribution in [3.8, 4) is 17.6 Å². The fourth-order valence-electron chi connectivity index (χ4n) is 9.83. The fraction of sp³-hybridized carbons (Fsp3) is 0.245. The number of carbonyl (C=O) groups excluding carboxylic acids is 3. The minimum Gasteiger partial charge on any atom is -0.491 e. The van der Waals surface area contributed by atoms with E-state index in [9.17, 15) is 5.11 Å². The van der Waals surface area contributed by atoms with Crippen LogP contribution in [0.1, 0.15) is 57.3 Å². The number of hydrogen-bond acceptors (Lipinski definition) is 9. The second-order valence-corrected chi connectivity index (χ2v) is 16.4. The van der Waals surface area contributed by atoms with Crippen LogP contribution < -0.4 is 15.4 Å². The van der Waals surface area contributed by atoms with Gasteiger partial charge in [-0.2, -0.15) is 0 Å². The number of rotatable bonds is 13. The number of anilines is 1. The number of hydrogen-bond donors (Lipinski definition) is 3. The molecular formula is C53H49N5O6.